The molecule has 2 aliphatic rings. The molecule has 0 radical (unpaired) electrons. The maximum atomic E-state index is 13.7. The van der Waals surface area contributed by atoms with Gasteiger partial charge in [0.1, 0.15) is 6.04 Å². The van der Waals surface area contributed by atoms with Crippen LogP contribution in [0.3, 0.4) is 0 Å². The van der Waals surface area contributed by atoms with Gasteiger partial charge in [0.15, 0.2) is 11.0 Å². The number of nitrogens with one attached hydrogen (secondary N) is 1. The number of piperidine rings is 1. The zero-order valence-electron chi connectivity index (χ0n) is 22.1. The fraction of sp³-hybridized carbons (Fsp3) is 0.519. The standard InChI is InChI=1S/C27H36N6O3S2.ClH/c1-27-13-12-19(10-5-9-18-7-3-2-4-8-18)25(36)33(27)21(17-38-27)23(35)32-20(11-6-14-31-26(28)29)22(34)24-30-15-16-37-24;/h2-4,7-8,15-16,19-21H,5-6,9-14,17H2,1H3,(H,32,35)(H4,28,29,31);1H/t19-,20?,21-,27-;/m0./s1. The average molecular weight is 593 g/mol. The van der Waals surface area contributed by atoms with E-state index in [4.69, 9.17) is 11.5 Å². The summed E-state index contributed by atoms with van der Waals surface area (Å²) in [5.41, 5.74) is 12.1. The van der Waals surface area contributed by atoms with Crippen LogP contribution in [0, 0.1) is 5.92 Å². The van der Waals surface area contributed by atoms with Crippen molar-refractivity contribution in [3.05, 3.63) is 52.5 Å². The highest BCUT2D eigenvalue weighted by Crippen LogP contribution is 2.48. The number of aromatic nitrogens is 1. The lowest BCUT2D eigenvalue weighted by Gasteiger charge is -2.44. The third-order valence-corrected chi connectivity index (χ3v) is 9.59. The molecule has 0 spiro atoms. The van der Waals surface area contributed by atoms with E-state index in [-0.39, 0.29) is 41.9 Å². The third-order valence-electron chi connectivity index (χ3n) is 7.30. The van der Waals surface area contributed by atoms with Gasteiger partial charge in [-0.25, -0.2) is 4.98 Å². The van der Waals surface area contributed by atoms with Crippen molar-refractivity contribution < 1.29 is 14.4 Å². The van der Waals surface area contributed by atoms with Crippen LogP contribution in [0.2, 0.25) is 0 Å². The molecule has 12 heteroatoms. The topological polar surface area (TPSA) is 144 Å². The first kappa shape index (κ1) is 30.9. The third kappa shape index (κ3) is 7.73. The molecule has 3 heterocycles. The molecule has 1 aromatic carbocycles. The van der Waals surface area contributed by atoms with Crippen LogP contribution in [0.15, 0.2) is 46.9 Å². The Kier molecular flexibility index (Phi) is 11.2. The van der Waals surface area contributed by atoms with Crippen LogP contribution in [-0.2, 0) is 16.0 Å². The van der Waals surface area contributed by atoms with Gasteiger partial charge in [-0.2, -0.15) is 0 Å². The second-order valence-corrected chi connectivity index (χ2v) is 12.4. The molecule has 4 rings (SSSR count). The number of amides is 2. The van der Waals surface area contributed by atoms with Gasteiger partial charge in [0.25, 0.3) is 0 Å². The van der Waals surface area contributed by atoms with Crippen LogP contribution in [0.1, 0.15) is 60.8 Å². The number of carbonyl (C=O) groups is 3. The van der Waals surface area contributed by atoms with Gasteiger partial charge >= 0.3 is 0 Å². The highest BCUT2D eigenvalue weighted by atomic mass is 35.5. The average Bonchev–Trinajstić information content (AvgIpc) is 3.56. The van der Waals surface area contributed by atoms with Gasteiger partial charge in [0.2, 0.25) is 17.6 Å². The number of carbonyl (C=O) groups excluding carboxylic acids is 3. The number of hydrogen-bond acceptors (Lipinski definition) is 7. The molecule has 0 bridgehead atoms. The Morgan fingerprint density at radius 3 is 2.72 bits per heavy atom. The maximum Gasteiger partial charge on any atom is 0.244 e. The summed E-state index contributed by atoms with van der Waals surface area (Å²) in [6.07, 6.45) is 6.80. The molecule has 212 valence electrons. The number of thiazole rings is 1. The van der Waals surface area contributed by atoms with Crippen molar-refractivity contribution in [1.29, 1.82) is 0 Å². The number of guanidine groups is 1. The van der Waals surface area contributed by atoms with Crippen molar-refractivity contribution in [1.82, 2.24) is 15.2 Å². The SMILES string of the molecule is C[C@]12CC[C@H](CCCc3ccccc3)C(=O)N1[C@H](C(=O)NC(CCCN=C(N)N)C(=O)c1nccs1)CS2.Cl. The largest absolute Gasteiger partial charge is 0.370 e. The smallest absolute Gasteiger partial charge is 0.244 e. The Balaban J connectivity index is 0.00000420. The predicted octanol–water partition coefficient (Wildman–Crippen LogP) is 3.38. The lowest BCUT2D eigenvalue weighted by molar-refractivity contribution is -0.149. The number of thioether (sulfide) groups is 1. The molecule has 2 saturated heterocycles. The molecular formula is C27H37ClN6O3S2. The number of nitrogens with two attached hydrogens (primary N) is 2. The van der Waals surface area contributed by atoms with E-state index in [0.717, 1.165) is 32.1 Å². The molecule has 0 saturated carbocycles. The fourth-order valence-corrected chi connectivity index (χ4v) is 7.33. The molecule has 2 amide bonds. The second-order valence-electron chi connectivity index (χ2n) is 10.0. The molecule has 1 unspecified atom stereocenters. The Morgan fingerprint density at radius 2 is 2.03 bits per heavy atom. The summed E-state index contributed by atoms with van der Waals surface area (Å²) < 4.78 is 0. The van der Waals surface area contributed by atoms with Crippen LogP contribution < -0.4 is 16.8 Å². The Morgan fingerprint density at radius 1 is 1.26 bits per heavy atom. The molecule has 2 aromatic rings. The minimum Gasteiger partial charge on any atom is -0.370 e. The molecule has 4 atom stereocenters. The number of halogens is 1. The van der Waals surface area contributed by atoms with E-state index in [2.05, 4.69) is 34.3 Å². The van der Waals surface area contributed by atoms with Crippen LogP contribution in [-0.4, -0.2) is 62.7 Å². The minimum absolute atomic E-state index is 0. The molecule has 2 aliphatic heterocycles. The number of hydrogen-bond donors (Lipinski definition) is 3. The summed E-state index contributed by atoms with van der Waals surface area (Å²) in [6, 6.07) is 8.91. The quantitative estimate of drug-likeness (QED) is 0.148. The Hall–Kier alpha value is -2.63. The highest BCUT2D eigenvalue weighted by Gasteiger charge is 2.53. The number of Topliss-reactive ketones (excluding diaryl/α,β-unsaturated/α-hetero) is 1. The van der Waals surface area contributed by atoms with Crippen molar-refractivity contribution in [2.24, 2.45) is 22.4 Å². The fourth-order valence-electron chi connectivity index (χ4n) is 5.27. The van der Waals surface area contributed by atoms with Crippen LogP contribution in [0.5, 0.6) is 0 Å². The summed E-state index contributed by atoms with van der Waals surface area (Å²) in [6.45, 7) is 2.41. The zero-order chi connectivity index (χ0) is 27.1. The summed E-state index contributed by atoms with van der Waals surface area (Å²) in [5.74, 6) is -0.0788. The number of aryl methyl sites for hydroxylation is 1. The number of benzene rings is 1. The van der Waals surface area contributed by atoms with Crippen LogP contribution >= 0.6 is 35.5 Å². The van der Waals surface area contributed by atoms with Crippen molar-refractivity contribution in [3.8, 4) is 0 Å². The van der Waals surface area contributed by atoms with Crippen molar-refractivity contribution in [2.75, 3.05) is 12.3 Å². The van der Waals surface area contributed by atoms with Gasteiger partial charge in [-0.15, -0.1) is 35.5 Å². The van der Waals surface area contributed by atoms with Gasteiger partial charge in [0, 0.05) is 29.8 Å². The molecule has 5 N–H and O–H groups in total. The Labute approximate surface area is 244 Å². The lowest BCUT2D eigenvalue weighted by atomic mass is 9.87. The van der Waals surface area contributed by atoms with E-state index >= 15 is 0 Å². The van der Waals surface area contributed by atoms with E-state index in [1.165, 1.54) is 16.9 Å². The van der Waals surface area contributed by atoms with E-state index in [9.17, 15) is 14.4 Å². The molecular weight excluding hydrogens is 556 g/mol. The van der Waals surface area contributed by atoms with Gasteiger partial charge in [-0.3, -0.25) is 19.4 Å². The number of nitrogens with zero attached hydrogens (tertiary/aromatic N) is 3. The van der Waals surface area contributed by atoms with Gasteiger partial charge in [-0.1, -0.05) is 30.3 Å². The summed E-state index contributed by atoms with van der Waals surface area (Å²) in [4.78, 5) is 49.9. The van der Waals surface area contributed by atoms with Crippen molar-refractivity contribution >= 4 is 59.1 Å². The van der Waals surface area contributed by atoms with Gasteiger partial charge in [-0.05, 0) is 57.4 Å². The number of rotatable bonds is 12. The van der Waals surface area contributed by atoms with Crippen LogP contribution in [0.4, 0.5) is 0 Å². The minimum atomic E-state index is -0.763. The van der Waals surface area contributed by atoms with E-state index in [0.29, 0.717) is 30.1 Å². The monoisotopic (exact) mass is 592 g/mol. The summed E-state index contributed by atoms with van der Waals surface area (Å²) in [7, 11) is 0. The van der Waals surface area contributed by atoms with Crippen molar-refractivity contribution in [3.63, 3.8) is 0 Å². The second kappa shape index (κ2) is 14.1. The van der Waals surface area contributed by atoms with E-state index < -0.39 is 17.0 Å². The number of ketones is 1. The lowest BCUT2D eigenvalue weighted by Crippen LogP contribution is -2.59. The van der Waals surface area contributed by atoms with Crippen LogP contribution in [0.25, 0.3) is 0 Å². The predicted molar refractivity (Wildman–Crippen MR) is 159 cm³/mol. The summed E-state index contributed by atoms with van der Waals surface area (Å²) >= 11 is 2.89. The first-order valence-corrected chi connectivity index (χ1v) is 15.0. The van der Waals surface area contributed by atoms with E-state index in [1.807, 2.05) is 18.2 Å². The summed E-state index contributed by atoms with van der Waals surface area (Å²) in [5, 5.41) is 5.02. The molecule has 9 nitrogen and oxygen atoms in total. The van der Waals surface area contributed by atoms with Crippen molar-refractivity contribution in [2.45, 2.75) is 68.8 Å². The first-order valence-electron chi connectivity index (χ1n) is 13.1. The number of fused-ring (bicyclic) bond motifs is 1. The molecule has 1 aromatic heterocycles. The maximum absolute atomic E-state index is 13.7. The Bertz CT molecular complexity index is 1150. The highest BCUT2D eigenvalue weighted by molar-refractivity contribution is 8.00. The zero-order valence-corrected chi connectivity index (χ0v) is 24.5. The van der Waals surface area contributed by atoms with Gasteiger partial charge in [0.05, 0.1) is 10.9 Å². The molecule has 39 heavy (non-hydrogen) atoms. The molecule has 0 aliphatic carbocycles. The van der Waals surface area contributed by atoms with Gasteiger partial charge < -0.3 is 21.7 Å². The number of aliphatic imine (C=N–C) groups is 1. The van der Waals surface area contributed by atoms with E-state index in [1.54, 1.807) is 28.2 Å². The first-order chi connectivity index (χ1) is 18.3. The normalized spacial score (nSPS) is 22.9. The molecule has 2 fully saturated rings.